The first-order valence-electron chi connectivity index (χ1n) is 11.0. The highest BCUT2D eigenvalue weighted by molar-refractivity contribution is 9.10. The SMILES string of the molecule is COc1cc2c(cc1OC)-c1c([N+](=O)[O-])c(-c3ccccc3)c(C(=O)c3ccc(Br)cc3)n1CC2. The van der Waals surface area contributed by atoms with Gasteiger partial charge in [-0.2, -0.15) is 0 Å². The summed E-state index contributed by atoms with van der Waals surface area (Å²) in [6.45, 7) is 0.420. The lowest BCUT2D eigenvalue weighted by atomic mass is 9.95. The number of hydrogen-bond acceptors (Lipinski definition) is 5. The van der Waals surface area contributed by atoms with Crippen molar-refractivity contribution < 1.29 is 19.2 Å². The summed E-state index contributed by atoms with van der Waals surface area (Å²) in [6, 6.07) is 19.7. The average molecular weight is 533 g/mol. The van der Waals surface area contributed by atoms with E-state index in [4.69, 9.17) is 9.47 Å². The number of ketones is 1. The second-order valence-corrected chi connectivity index (χ2v) is 9.06. The summed E-state index contributed by atoms with van der Waals surface area (Å²) >= 11 is 3.40. The van der Waals surface area contributed by atoms with Crippen molar-refractivity contribution in [3.8, 4) is 33.9 Å². The topological polar surface area (TPSA) is 83.6 Å². The maximum absolute atomic E-state index is 13.9. The van der Waals surface area contributed by atoms with Crippen LogP contribution in [-0.2, 0) is 13.0 Å². The molecule has 7 nitrogen and oxygen atoms in total. The van der Waals surface area contributed by atoms with Gasteiger partial charge >= 0.3 is 5.69 Å². The molecule has 0 saturated carbocycles. The maximum atomic E-state index is 13.9. The van der Waals surface area contributed by atoms with Crippen LogP contribution in [0.5, 0.6) is 11.5 Å². The molecule has 35 heavy (non-hydrogen) atoms. The molecule has 0 unspecified atom stereocenters. The first-order valence-corrected chi connectivity index (χ1v) is 11.8. The number of rotatable bonds is 6. The van der Waals surface area contributed by atoms with E-state index in [0.29, 0.717) is 58.1 Å². The predicted octanol–water partition coefficient (Wildman–Crippen LogP) is 6.30. The number of nitrogens with zero attached hydrogens (tertiary/aromatic N) is 2. The predicted molar refractivity (Wildman–Crippen MR) is 136 cm³/mol. The molecule has 0 aliphatic carbocycles. The molecule has 4 aromatic rings. The molecule has 1 aromatic heterocycles. The molecule has 3 aromatic carbocycles. The van der Waals surface area contributed by atoms with E-state index in [1.165, 1.54) is 7.11 Å². The summed E-state index contributed by atoms with van der Waals surface area (Å²) in [6.07, 6.45) is 0.587. The minimum absolute atomic E-state index is 0.0927. The van der Waals surface area contributed by atoms with Crippen molar-refractivity contribution in [1.29, 1.82) is 0 Å². The minimum Gasteiger partial charge on any atom is -0.493 e. The summed E-state index contributed by atoms with van der Waals surface area (Å²) in [7, 11) is 3.08. The van der Waals surface area contributed by atoms with E-state index in [9.17, 15) is 14.9 Å². The van der Waals surface area contributed by atoms with Crippen molar-refractivity contribution in [2.24, 2.45) is 0 Å². The number of aromatic nitrogens is 1. The van der Waals surface area contributed by atoms with E-state index in [2.05, 4.69) is 15.9 Å². The number of hydrogen-bond donors (Lipinski definition) is 0. The monoisotopic (exact) mass is 532 g/mol. The zero-order chi connectivity index (χ0) is 24.7. The second kappa shape index (κ2) is 9.03. The van der Waals surface area contributed by atoms with E-state index >= 15 is 0 Å². The van der Waals surface area contributed by atoms with Gasteiger partial charge in [0.25, 0.3) is 0 Å². The van der Waals surface area contributed by atoms with Crippen molar-refractivity contribution in [2.45, 2.75) is 13.0 Å². The molecule has 5 rings (SSSR count). The molecule has 1 aliphatic heterocycles. The summed E-state index contributed by atoms with van der Waals surface area (Å²) in [4.78, 5) is 26.1. The van der Waals surface area contributed by atoms with Crippen molar-refractivity contribution in [1.82, 2.24) is 4.57 Å². The van der Waals surface area contributed by atoms with Gasteiger partial charge < -0.3 is 14.0 Å². The number of fused-ring (bicyclic) bond motifs is 3. The van der Waals surface area contributed by atoms with Crippen LogP contribution >= 0.6 is 15.9 Å². The lowest BCUT2D eigenvalue weighted by Gasteiger charge is -2.22. The van der Waals surface area contributed by atoms with Gasteiger partial charge in [-0.1, -0.05) is 46.3 Å². The number of halogens is 1. The Kier molecular flexibility index (Phi) is 5.90. The van der Waals surface area contributed by atoms with Crippen LogP contribution in [-0.4, -0.2) is 29.5 Å². The quantitative estimate of drug-likeness (QED) is 0.165. The van der Waals surface area contributed by atoms with Gasteiger partial charge in [0.1, 0.15) is 11.4 Å². The van der Waals surface area contributed by atoms with Crippen molar-refractivity contribution in [3.63, 3.8) is 0 Å². The Morgan fingerprint density at radius 1 is 1.00 bits per heavy atom. The fourth-order valence-corrected chi connectivity index (χ4v) is 4.98. The van der Waals surface area contributed by atoms with Gasteiger partial charge in [0.2, 0.25) is 5.78 Å². The third-order valence-electron chi connectivity index (χ3n) is 6.27. The molecule has 0 saturated heterocycles. The largest absolute Gasteiger partial charge is 0.493 e. The minimum atomic E-state index is -0.391. The van der Waals surface area contributed by atoms with E-state index in [0.717, 1.165) is 10.0 Å². The molecule has 176 valence electrons. The van der Waals surface area contributed by atoms with Gasteiger partial charge in [-0.05, 0) is 53.9 Å². The number of benzene rings is 3. The molecule has 0 spiro atoms. The number of methoxy groups -OCH3 is 2. The molecule has 0 amide bonds. The third kappa shape index (κ3) is 3.80. The Bertz CT molecular complexity index is 1460. The lowest BCUT2D eigenvalue weighted by molar-refractivity contribution is -0.383. The number of carbonyl (C=O) groups excluding carboxylic acids is 1. The Morgan fingerprint density at radius 2 is 1.66 bits per heavy atom. The Morgan fingerprint density at radius 3 is 2.29 bits per heavy atom. The maximum Gasteiger partial charge on any atom is 0.303 e. The molecule has 0 bridgehead atoms. The molecule has 0 N–H and O–H groups in total. The van der Waals surface area contributed by atoms with Gasteiger partial charge in [-0.25, -0.2) is 0 Å². The number of aryl methyl sites for hydroxylation is 1. The molecule has 2 heterocycles. The standard InChI is InChI=1S/C27H21BrN2O5/c1-34-21-14-18-12-13-29-24(20(18)15-22(21)35-2)25(30(32)33)23(16-6-4-3-5-7-16)26(29)27(31)17-8-10-19(28)11-9-17/h3-11,14-15H,12-13H2,1-2H3. The first-order chi connectivity index (χ1) is 16.9. The van der Waals surface area contributed by atoms with E-state index in [1.54, 1.807) is 54.1 Å². The molecule has 8 heteroatoms. The molecule has 0 atom stereocenters. The highest BCUT2D eigenvalue weighted by Gasteiger charge is 2.38. The van der Waals surface area contributed by atoms with Crippen LogP contribution in [0.1, 0.15) is 21.6 Å². The fraction of sp³-hybridized carbons (Fsp3) is 0.148. The van der Waals surface area contributed by atoms with Gasteiger partial charge in [0.05, 0.1) is 24.7 Å². The number of ether oxygens (including phenoxy) is 2. The Hall–Kier alpha value is -3.91. The van der Waals surface area contributed by atoms with Crippen molar-refractivity contribution in [2.75, 3.05) is 14.2 Å². The van der Waals surface area contributed by atoms with Gasteiger partial charge in [0.15, 0.2) is 11.5 Å². The summed E-state index contributed by atoms with van der Waals surface area (Å²) in [5.74, 6) is 0.759. The molecule has 1 aliphatic rings. The molecule has 0 fully saturated rings. The van der Waals surface area contributed by atoms with E-state index in [-0.39, 0.29) is 11.5 Å². The van der Waals surface area contributed by atoms with Crippen molar-refractivity contribution >= 4 is 27.4 Å². The van der Waals surface area contributed by atoms with Crippen molar-refractivity contribution in [3.05, 3.63) is 98.1 Å². The van der Waals surface area contributed by atoms with Gasteiger partial charge in [-0.15, -0.1) is 0 Å². The zero-order valence-electron chi connectivity index (χ0n) is 19.1. The highest BCUT2D eigenvalue weighted by atomic mass is 79.9. The smallest absolute Gasteiger partial charge is 0.303 e. The Balaban J connectivity index is 1.87. The van der Waals surface area contributed by atoms with Crippen LogP contribution in [0.4, 0.5) is 5.69 Å². The molecule has 0 radical (unpaired) electrons. The van der Waals surface area contributed by atoms with Crippen LogP contribution in [0.3, 0.4) is 0 Å². The zero-order valence-corrected chi connectivity index (χ0v) is 20.7. The normalized spacial score (nSPS) is 12.0. The van der Waals surface area contributed by atoms with Crippen LogP contribution in [0, 0.1) is 10.1 Å². The number of carbonyl (C=O) groups is 1. The van der Waals surface area contributed by atoms with E-state index in [1.807, 2.05) is 24.3 Å². The van der Waals surface area contributed by atoms with E-state index < -0.39 is 4.92 Å². The van der Waals surface area contributed by atoms with Crippen LogP contribution in [0.25, 0.3) is 22.4 Å². The van der Waals surface area contributed by atoms with Crippen LogP contribution in [0.15, 0.2) is 71.2 Å². The molecular formula is C27H21BrN2O5. The summed E-state index contributed by atoms with van der Waals surface area (Å²) < 4.78 is 13.6. The van der Waals surface area contributed by atoms with Crippen LogP contribution in [0.2, 0.25) is 0 Å². The van der Waals surface area contributed by atoms with Gasteiger partial charge in [-0.3, -0.25) is 14.9 Å². The van der Waals surface area contributed by atoms with Gasteiger partial charge in [0, 0.05) is 22.1 Å². The lowest BCUT2D eigenvalue weighted by Crippen LogP contribution is -2.17. The van der Waals surface area contributed by atoms with Crippen LogP contribution < -0.4 is 9.47 Å². The summed E-state index contributed by atoms with van der Waals surface area (Å²) in [5.41, 5.74) is 3.57. The fourth-order valence-electron chi connectivity index (χ4n) is 4.71. The second-order valence-electron chi connectivity index (χ2n) is 8.15. The summed E-state index contributed by atoms with van der Waals surface area (Å²) in [5, 5.41) is 12.6. The first kappa shape index (κ1) is 22.9. The Labute approximate surface area is 210 Å². The molecular weight excluding hydrogens is 512 g/mol. The highest BCUT2D eigenvalue weighted by Crippen LogP contribution is 2.49. The third-order valence-corrected chi connectivity index (χ3v) is 6.80. The average Bonchev–Trinajstić information content (AvgIpc) is 3.24. The number of nitro groups is 1.